The second kappa shape index (κ2) is 6.95. The Balaban J connectivity index is 2.15. The zero-order valence-corrected chi connectivity index (χ0v) is 12.7. The van der Waals surface area contributed by atoms with Crippen LogP contribution in [-0.4, -0.2) is 19.6 Å². The van der Waals surface area contributed by atoms with E-state index in [9.17, 15) is 0 Å². The molecule has 1 N–H and O–H groups in total. The van der Waals surface area contributed by atoms with Gasteiger partial charge in [-0.3, -0.25) is 0 Å². The maximum absolute atomic E-state index is 3.61. The Hall–Kier alpha value is -1.02. The van der Waals surface area contributed by atoms with Crippen LogP contribution in [-0.2, 0) is 0 Å². The van der Waals surface area contributed by atoms with Gasteiger partial charge in [-0.25, -0.2) is 0 Å². The van der Waals surface area contributed by atoms with Crippen LogP contribution in [0.5, 0.6) is 0 Å². The molecule has 2 heteroatoms. The van der Waals surface area contributed by atoms with Gasteiger partial charge < -0.3 is 10.2 Å². The highest BCUT2D eigenvalue weighted by molar-refractivity contribution is 5.55. The number of rotatable bonds is 5. The Bertz CT molecular complexity index is 389. The zero-order chi connectivity index (χ0) is 13.7. The van der Waals surface area contributed by atoms with Gasteiger partial charge >= 0.3 is 0 Å². The summed E-state index contributed by atoms with van der Waals surface area (Å²) in [6.45, 7) is 10.4. The number of para-hydroxylation sites is 1. The van der Waals surface area contributed by atoms with Crippen LogP contribution in [0.25, 0.3) is 0 Å². The van der Waals surface area contributed by atoms with Gasteiger partial charge in [0.25, 0.3) is 0 Å². The third-order valence-corrected chi connectivity index (χ3v) is 4.10. The summed E-state index contributed by atoms with van der Waals surface area (Å²) in [5, 5.41) is 3.61. The maximum Gasteiger partial charge on any atom is 0.0414 e. The molecule has 2 unspecified atom stereocenters. The molecule has 0 radical (unpaired) electrons. The van der Waals surface area contributed by atoms with E-state index in [-0.39, 0.29) is 0 Å². The summed E-state index contributed by atoms with van der Waals surface area (Å²) in [6.07, 6.45) is 3.89. The molecular formula is C17H28N2. The predicted octanol–water partition coefficient (Wildman–Crippen LogP) is 3.98. The van der Waals surface area contributed by atoms with E-state index < -0.39 is 0 Å². The number of benzene rings is 1. The molecule has 2 nitrogen and oxygen atoms in total. The van der Waals surface area contributed by atoms with Crippen molar-refractivity contribution in [1.82, 2.24) is 5.32 Å². The van der Waals surface area contributed by atoms with Crippen molar-refractivity contribution in [2.45, 2.75) is 46.1 Å². The van der Waals surface area contributed by atoms with E-state index in [2.05, 4.69) is 55.3 Å². The largest absolute Gasteiger partial charge is 0.371 e. The summed E-state index contributed by atoms with van der Waals surface area (Å²) in [7, 11) is 0. The fraction of sp³-hybridized carbons (Fsp3) is 0.647. The lowest BCUT2D eigenvalue weighted by atomic mass is 9.97. The molecule has 1 aromatic rings. The lowest BCUT2D eigenvalue weighted by Crippen LogP contribution is -2.35. The van der Waals surface area contributed by atoms with Gasteiger partial charge in [-0.2, -0.15) is 0 Å². The molecule has 1 fully saturated rings. The van der Waals surface area contributed by atoms with Gasteiger partial charge in [0.15, 0.2) is 0 Å². The van der Waals surface area contributed by atoms with Crippen molar-refractivity contribution in [1.29, 1.82) is 0 Å². The molecule has 1 aromatic carbocycles. The third kappa shape index (κ3) is 3.73. The van der Waals surface area contributed by atoms with Gasteiger partial charge in [0.1, 0.15) is 0 Å². The fourth-order valence-electron chi connectivity index (χ4n) is 3.02. The van der Waals surface area contributed by atoms with Crippen molar-refractivity contribution in [3.63, 3.8) is 0 Å². The molecule has 1 heterocycles. The lowest BCUT2D eigenvalue weighted by molar-refractivity contribution is 0.444. The maximum atomic E-state index is 3.61. The standard InChI is InChI=1S/C17H28N2/c1-4-11-18-15(3)16-9-5-6-10-17(16)19-12-7-8-14(2)13-19/h5-6,9-10,14-15,18H,4,7-8,11-13H2,1-3H3. The minimum Gasteiger partial charge on any atom is -0.371 e. The molecule has 106 valence electrons. The van der Waals surface area contributed by atoms with Crippen molar-refractivity contribution in [2.75, 3.05) is 24.5 Å². The van der Waals surface area contributed by atoms with Gasteiger partial charge in [-0.1, -0.05) is 32.0 Å². The van der Waals surface area contributed by atoms with Gasteiger partial charge in [0.05, 0.1) is 0 Å². The number of nitrogens with one attached hydrogen (secondary N) is 1. The Labute approximate surface area is 118 Å². The van der Waals surface area contributed by atoms with Crippen LogP contribution in [0.15, 0.2) is 24.3 Å². The molecule has 1 aliphatic rings. The minimum atomic E-state index is 0.438. The second-order valence-corrected chi connectivity index (χ2v) is 5.93. The van der Waals surface area contributed by atoms with Gasteiger partial charge in [0.2, 0.25) is 0 Å². The van der Waals surface area contributed by atoms with Crippen molar-refractivity contribution < 1.29 is 0 Å². The van der Waals surface area contributed by atoms with Gasteiger partial charge in [-0.05, 0) is 50.3 Å². The van der Waals surface area contributed by atoms with E-state index in [1.54, 1.807) is 0 Å². The van der Waals surface area contributed by atoms with Crippen molar-refractivity contribution in [3.8, 4) is 0 Å². The van der Waals surface area contributed by atoms with E-state index in [1.807, 2.05) is 0 Å². The van der Waals surface area contributed by atoms with Crippen LogP contribution in [0.1, 0.15) is 51.6 Å². The normalized spacial score (nSPS) is 21.4. The average Bonchev–Trinajstić information content (AvgIpc) is 2.45. The van der Waals surface area contributed by atoms with Crippen LogP contribution in [0.3, 0.4) is 0 Å². The van der Waals surface area contributed by atoms with Gasteiger partial charge in [0, 0.05) is 24.8 Å². The topological polar surface area (TPSA) is 15.3 Å². The summed E-state index contributed by atoms with van der Waals surface area (Å²) in [6, 6.07) is 9.34. The smallest absolute Gasteiger partial charge is 0.0414 e. The molecule has 2 rings (SSSR count). The molecular weight excluding hydrogens is 232 g/mol. The molecule has 0 bridgehead atoms. The number of hydrogen-bond donors (Lipinski definition) is 1. The van der Waals surface area contributed by atoms with Crippen molar-refractivity contribution in [3.05, 3.63) is 29.8 Å². The molecule has 0 aromatic heterocycles. The molecule has 0 spiro atoms. The summed E-state index contributed by atoms with van der Waals surface area (Å²) < 4.78 is 0. The first-order valence-corrected chi connectivity index (χ1v) is 7.79. The average molecular weight is 260 g/mol. The SMILES string of the molecule is CCCNC(C)c1ccccc1N1CCCC(C)C1. The number of piperidine rings is 1. The highest BCUT2D eigenvalue weighted by Gasteiger charge is 2.20. The molecule has 0 saturated carbocycles. The van der Waals surface area contributed by atoms with Crippen LogP contribution in [0.4, 0.5) is 5.69 Å². The first kappa shape index (κ1) is 14.4. The van der Waals surface area contributed by atoms with Crippen molar-refractivity contribution in [2.24, 2.45) is 5.92 Å². The third-order valence-electron chi connectivity index (χ3n) is 4.10. The van der Waals surface area contributed by atoms with E-state index >= 15 is 0 Å². The Morgan fingerprint density at radius 2 is 2.16 bits per heavy atom. The fourth-order valence-corrected chi connectivity index (χ4v) is 3.02. The zero-order valence-electron chi connectivity index (χ0n) is 12.7. The van der Waals surface area contributed by atoms with E-state index in [0.29, 0.717) is 6.04 Å². The Morgan fingerprint density at radius 3 is 2.89 bits per heavy atom. The summed E-state index contributed by atoms with van der Waals surface area (Å²) in [4.78, 5) is 2.58. The highest BCUT2D eigenvalue weighted by Crippen LogP contribution is 2.29. The number of anilines is 1. The second-order valence-electron chi connectivity index (χ2n) is 5.93. The summed E-state index contributed by atoms with van der Waals surface area (Å²) in [5.41, 5.74) is 2.88. The van der Waals surface area contributed by atoms with Crippen molar-refractivity contribution >= 4 is 5.69 Å². The molecule has 0 amide bonds. The molecule has 19 heavy (non-hydrogen) atoms. The minimum absolute atomic E-state index is 0.438. The predicted molar refractivity (Wildman–Crippen MR) is 83.8 cm³/mol. The van der Waals surface area contributed by atoms with E-state index in [4.69, 9.17) is 0 Å². The Morgan fingerprint density at radius 1 is 1.37 bits per heavy atom. The van der Waals surface area contributed by atoms with E-state index in [0.717, 1.165) is 12.5 Å². The Kier molecular flexibility index (Phi) is 5.26. The van der Waals surface area contributed by atoms with Crippen LogP contribution in [0, 0.1) is 5.92 Å². The molecule has 0 aliphatic carbocycles. The molecule has 1 aliphatic heterocycles. The van der Waals surface area contributed by atoms with Crippen LogP contribution >= 0.6 is 0 Å². The monoisotopic (exact) mass is 260 g/mol. The van der Waals surface area contributed by atoms with Crippen LogP contribution < -0.4 is 10.2 Å². The van der Waals surface area contributed by atoms with Crippen LogP contribution in [0.2, 0.25) is 0 Å². The van der Waals surface area contributed by atoms with Gasteiger partial charge in [-0.15, -0.1) is 0 Å². The molecule has 1 saturated heterocycles. The number of nitrogens with zero attached hydrogens (tertiary/aromatic N) is 1. The lowest BCUT2D eigenvalue weighted by Gasteiger charge is -2.35. The number of hydrogen-bond acceptors (Lipinski definition) is 2. The summed E-state index contributed by atoms with van der Waals surface area (Å²) >= 11 is 0. The quantitative estimate of drug-likeness (QED) is 0.861. The highest BCUT2D eigenvalue weighted by atomic mass is 15.1. The first-order chi connectivity index (χ1) is 9.22. The first-order valence-electron chi connectivity index (χ1n) is 7.79. The summed E-state index contributed by atoms with van der Waals surface area (Å²) in [5.74, 6) is 0.820. The van der Waals surface area contributed by atoms with E-state index in [1.165, 1.54) is 43.6 Å². The molecule has 2 atom stereocenters.